The largest absolute Gasteiger partial charge is 0.493 e. The highest BCUT2D eigenvalue weighted by Crippen LogP contribution is 2.36. The lowest BCUT2D eigenvalue weighted by molar-refractivity contribution is -0.137. The molecular formula is C30H50O5. The number of esters is 1. The highest BCUT2D eigenvalue weighted by molar-refractivity contribution is 5.87. The van der Waals surface area contributed by atoms with E-state index >= 15 is 0 Å². The maximum Gasteiger partial charge on any atom is 0.330 e. The highest BCUT2D eigenvalue weighted by Gasteiger charge is 2.13. The maximum atomic E-state index is 12.1. The third-order valence-electron chi connectivity index (χ3n) is 5.69. The number of ether oxygens (including phenoxy) is 4. The zero-order chi connectivity index (χ0) is 25.6. The average Bonchev–Trinajstić information content (AvgIpc) is 2.86. The number of rotatable bonds is 22. The van der Waals surface area contributed by atoms with Crippen molar-refractivity contribution in [1.82, 2.24) is 0 Å². The summed E-state index contributed by atoms with van der Waals surface area (Å²) in [6.45, 7) is 10.9. The van der Waals surface area contributed by atoms with Crippen LogP contribution in [0.25, 0.3) is 6.08 Å². The Morgan fingerprint density at radius 1 is 0.600 bits per heavy atom. The van der Waals surface area contributed by atoms with Gasteiger partial charge in [-0.05, 0) is 37.8 Å². The monoisotopic (exact) mass is 490 g/mol. The van der Waals surface area contributed by atoms with Crippen LogP contribution < -0.4 is 14.2 Å². The Bertz CT molecular complexity index is 698. The molecule has 0 radical (unpaired) electrons. The minimum Gasteiger partial charge on any atom is -0.493 e. The fourth-order valence-corrected chi connectivity index (χ4v) is 3.58. The Morgan fingerprint density at radius 3 is 1.57 bits per heavy atom. The highest BCUT2D eigenvalue weighted by atomic mass is 16.5. The molecule has 0 aliphatic carbocycles. The van der Waals surface area contributed by atoms with Crippen molar-refractivity contribution >= 4 is 12.0 Å². The lowest BCUT2D eigenvalue weighted by atomic mass is 10.1. The molecule has 0 aliphatic heterocycles. The fourth-order valence-electron chi connectivity index (χ4n) is 3.58. The Balaban J connectivity index is 3.05. The van der Waals surface area contributed by atoms with E-state index < -0.39 is 0 Å². The first-order chi connectivity index (χ1) is 17.2. The van der Waals surface area contributed by atoms with Gasteiger partial charge in [0.2, 0.25) is 0 Å². The number of hydrogen-bond acceptors (Lipinski definition) is 5. The zero-order valence-electron chi connectivity index (χ0n) is 22.9. The minimum absolute atomic E-state index is 0.348. The van der Waals surface area contributed by atoms with E-state index in [4.69, 9.17) is 18.9 Å². The molecule has 5 heteroatoms. The summed E-state index contributed by atoms with van der Waals surface area (Å²) < 4.78 is 23.7. The number of hydrogen-bond donors (Lipinski definition) is 0. The van der Waals surface area contributed by atoms with Gasteiger partial charge in [0.1, 0.15) is 5.75 Å². The van der Waals surface area contributed by atoms with Crippen LogP contribution in [0.4, 0.5) is 0 Å². The van der Waals surface area contributed by atoms with Crippen LogP contribution in [0.3, 0.4) is 0 Å². The van der Waals surface area contributed by atoms with Gasteiger partial charge in [0, 0.05) is 17.7 Å². The molecule has 200 valence electrons. The normalized spacial score (nSPS) is 11.1. The summed E-state index contributed by atoms with van der Waals surface area (Å²) in [5.74, 6) is 1.78. The number of carbonyl (C=O) groups excluding carboxylic acids is 1. The van der Waals surface area contributed by atoms with Gasteiger partial charge in [-0.15, -0.1) is 0 Å². The summed E-state index contributed by atoms with van der Waals surface area (Å²) in [5, 5.41) is 0. The van der Waals surface area contributed by atoms with Crippen LogP contribution in [0, 0.1) is 0 Å². The first-order valence-corrected chi connectivity index (χ1v) is 14.1. The van der Waals surface area contributed by atoms with E-state index in [-0.39, 0.29) is 5.97 Å². The Labute approximate surface area is 214 Å². The van der Waals surface area contributed by atoms with E-state index in [0.29, 0.717) is 43.7 Å². The van der Waals surface area contributed by atoms with E-state index in [9.17, 15) is 4.79 Å². The summed E-state index contributed by atoms with van der Waals surface area (Å²) in [6, 6.07) is 3.87. The fraction of sp³-hybridized carbons (Fsp3) is 0.700. The zero-order valence-corrected chi connectivity index (χ0v) is 22.9. The Morgan fingerprint density at radius 2 is 1.09 bits per heavy atom. The van der Waals surface area contributed by atoms with Crippen molar-refractivity contribution in [1.29, 1.82) is 0 Å². The van der Waals surface area contributed by atoms with E-state index in [2.05, 4.69) is 20.8 Å². The maximum absolute atomic E-state index is 12.1. The minimum atomic E-state index is -0.348. The molecule has 0 saturated heterocycles. The van der Waals surface area contributed by atoms with Crippen molar-refractivity contribution in [3.63, 3.8) is 0 Å². The van der Waals surface area contributed by atoms with Crippen LogP contribution in [0.2, 0.25) is 0 Å². The van der Waals surface area contributed by atoms with Crippen molar-refractivity contribution < 1.29 is 23.7 Å². The second kappa shape index (κ2) is 21.1. The first kappa shape index (κ1) is 30.9. The van der Waals surface area contributed by atoms with Crippen LogP contribution in [0.1, 0.15) is 117 Å². The SMILES string of the molecule is CCCCCCOc1cc(OCCCCCC)c(OCCCCCC)cc1C=CC(=O)OCCC. The summed E-state index contributed by atoms with van der Waals surface area (Å²) in [7, 11) is 0. The van der Waals surface area contributed by atoms with Crippen LogP contribution in [0.5, 0.6) is 17.2 Å². The summed E-state index contributed by atoms with van der Waals surface area (Å²) in [4.78, 5) is 12.1. The molecule has 0 spiro atoms. The molecule has 1 rings (SSSR count). The molecule has 5 nitrogen and oxygen atoms in total. The summed E-state index contributed by atoms with van der Waals surface area (Å²) in [5.41, 5.74) is 0.802. The van der Waals surface area contributed by atoms with Gasteiger partial charge in [-0.3, -0.25) is 0 Å². The van der Waals surface area contributed by atoms with Gasteiger partial charge >= 0.3 is 5.97 Å². The molecule has 1 aromatic carbocycles. The molecule has 0 aromatic heterocycles. The van der Waals surface area contributed by atoms with Gasteiger partial charge in [-0.1, -0.05) is 85.5 Å². The van der Waals surface area contributed by atoms with Gasteiger partial charge in [-0.2, -0.15) is 0 Å². The Kier molecular flexibility index (Phi) is 18.6. The van der Waals surface area contributed by atoms with Crippen LogP contribution >= 0.6 is 0 Å². The van der Waals surface area contributed by atoms with E-state index in [1.807, 2.05) is 19.1 Å². The topological polar surface area (TPSA) is 54.0 Å². The molecular weight excluding hydrogens is 440 g/mol. The Hall–Kier alpha value is -2.17. The molecule has 0 amide bonds. The molecule has 0 heterocycles. The molecule has 0 bridgehead atoms. The molecule has 0 saturated carbocycles. The lowest BCUT2D eigenvalue weighted by Crippen LogP contribution is -2.06. The van der Waals surface area contributed by atoms with Gasteiger partial charge in [0.15, 0.2) is 11.5 Å². The molecule has 1 aromatic rings. The van der Waals surface area contributed by atoms with Crippen molar-refractivity contribution in [3.05, 3.63) is 23.8 Å². The second-order valence-electron chi connectivity index (χ2n) is 9.06. The number of unbranched alkanes of at least 4 members (excludes halogenated alkanes) is 9. The standard InChI is InChI=1S/C30H50O5/c1-5-9-12-15-21-32-27-25-29(34-23-17-14-11-7-3)28(33-22-16-13-10-6-2)24-26(27)18-19-30(31)35-20-8-4/h18-19,24-25H,5-17,20-23H2,1-4H3. The summed E-state index contributed by atoms with van der Waals surface area (Å²) in [6.07, 6.45) is 17.7. The third kappa shape index (κ3) is 14.7. The third-order valence-corrected chi connectivity index (χ3v) is 5.69. The predicted octanol–water partition coefficient (Wildman–Crippen LogP) is 8.53. The smallest absolute Gasteiger partial charge is 0.330 e. The number of benzene rings is 1. The van der Waals surface area contributed by atoms with Gasteiger partial charge in [-0.25, -0.2) is 4.79 Å². The van der Waals surface area contributed by atoms with Gasteiger partial charge in [0.05, 0.1) is 26.4 Å². The van der Waals surface area contributed by atoms with E-state index in [1.165, 1.54) is 44.6 Å². The van der Waals surface area contributed by atoms with Crippen LogP contribution in [-0.2, 0) is 9.53 Å². The summed E-state index contributed by atoms with van der Waals surface area (Å²) >= 11 is 0. The second-order valence-corrected chi connectivity index (χ2v) is 9.06. The van der Waals surface area contributed by atoms with Crippen molar-refractivity contribution in [2.24, 2.45) is 0 Å². The first-order valence-electron chi connectivity index (χ1n) is 14.1. The molecule has 0 aliphatic rings. The molecule has 35 heavy (non-hydrogen) atoms. The van der Waals surface area contributed by atoms with Crippen LogP contribution in [0.15, 0.2) is 18.2 Å². The van der Waals surface area contributed by atoms with E-state index in [1.54, 1.807) is 6.08 Å². The van der Waals surface area contributed by atoms with Crippen LogP contribution in [-0.4, -0.2) is 32.4 Å². The van der Waals surface area contributed by atoms with Crippen molar-refractivity contribution in [2.75, 3.05) is 26.4 Å². The van der Waals surface area contributed by atoms with Gasteiger partial charge < -0.3 is 18.9 Å². The van der Waals surface area contributed by atoms with E-state index in [0.717, 1.165) is 50.5 Å². The predicted molar refractivity (Wildman–Crippen MR) is 146 cm³/mol. The quantitative estimate of drug-likeness (QED) is 0.0926. The van der Waals surface area contributed by atoms with Gasteiger partial charge in [0.25, 0.3) is 0 Å². The molecule has 0 unspecified atom stereocenters. The van der Waals surface area contributed by atoms with Crippen molar-refractivity contribution in [2.45, 2.75) is 111 Å². The molecule has 0 fully saturated rings. The number of carbonyl (C=O) groups is 1. The lowest BCUT2D eigenvalue weighted by Gasteiger charge is -2.17. The van der Waals surface area contributed by atoms with Crippen molar-refractivity contribution in [3.8, 4) is 17.2 Å². The molecule has 0 N–H and O–H groups in total. The average molecular weight is 491 g/mol. The molecule has 0 atom stereocenters.